The minimum Gasteiger partial charge on any atom is -0.480 e. The number of rotatable bonds is 7. The third-order valence-corrected chi connectivity index (χ3v) is 2.57. The first kappa shape index (κ1) is 14.4. The Hall–Kier alpha value is -0.570. The van der Waals surface area contributed by atoms with Gasteiger partial charge < -0.3 is 5.11 Å². The summed E-state index contributed by atoms with van der Waals surface area (Å²) in [6.45, 7) is 9.30. The molecular weight excluding hydrogens is 190 g/mol. The van der Waals surface area contributed by atoms with Gasteiger partial charge in [0.2, 0.25) is 0 Å². The van der Waals surface area contributed by atoms with Gasteiger partial charge in [-0.2, -0.15) is 0 Å². The van der Waals surface area contributed by atoms with E-state index < -0.39 is 5.97 Å². The molecule has 0 aromatic heterocycles. The smallest absolute Gasteiger partial charge is 0.320 e. The predicted octanol–water partition coefficient (Wildman–Crippen LogP) is 2.46. The van der Waals surface area contributed by atoms with Gasteiger partial charge in [0, 0.05) is 0 Å². The Morgan fingerprint density at radius 1 is 1.20 bits per heavy atom. The lowest BCUT2D eigenvalue weighted by molar-refractivity contribution is -0.143. The van der Waals surface area contributed by atoms with Crippen LogP contribution >= 0.6 is 0 Å². The zero-order valence-corrected chi connectivity index (χ0v) is 10.7. The summed E-state index contributed by atoms with van der Waals surface area (Å²) >= 11 is 0. The summed E-state index contributed by atoms with van der Waals surface area (Å²) in [6.07, 6.45) is 1.78. The van der Waals surface area contributed by atoms with Crippen LogP contribution in [-0.4, -0.2) is 35.6 Å². The van der Waals surface area contributed by atoms with Gasteiger partial charge in [0.25, 0.3) is 0 Å². The maximum atomic E-state index is 11.1. The van der Waals surface area contributed by atoms with Crippen LogP contribution in [0.5, 0.6) is 0 Å². The van der Waals surface area contributed by atoms with Crippen molar-refractivity contribution in [1.82, 2.24) is 4.90 Å². The van der Waals surface area contributed by atoms with Gasteiger partial charge in [0.15, 0.2) is 0 Å². The molecule has 0 aliphatic carbocycles. The minimum atomic E-state index is -0.699. The normalized spacial score (nSPS) is 13.9. The first-order valence-electron chi connectivity index (χ1n) is 5.77. The van der Waals surface area contributed by atoms with E-state index in [1.807, 2.05) is 11.9 Å². The Morgan fingerprint density at radius 3 is 2.07 bits per heavy atom. The fraction of sp³-hybridized carbons (Fsp3) is 0.917. The molecule has 1 N–H and O–H groups in total. The van der Waals surface area contributed by atoms with Gasteiger partial charge in [0.05, 0.1) is 0 Å². The van der Waals surface area contributed by atoms with Gasteiger partial charge in [-0.25, -0.2) is 0 Å². The van der Waals surface area contributed by atoms with Gasteiger partial charge >= 0.3 is 5.97 Å². The molecule has 0 unspecified atom stereocenters. The average Bonchev–Trinajstić information content (AvgIpc) is 2.09. The Balaban J connectivity index is 4.16. The standard InChI is InChI=1S/C12H25NO2/c1-9(2)6-7-13(5)11(12(14)15)8-10(3)4/h9-11H,6-8H2,1-5H3,(H,14,15)/t11-/m0/s1. The van der Waals surface area contributed by atoms with Crippen molar-refractivity contribution >= 4 is 5.97 Å². The predicted molar refractivity (Wildman–Crippen MR) is 63.0 cm³/mol. The second-order valence-corrected chi connectivity index (χ2v) is 5.15. The van der Waals surface area contributed by atoms with E-state index in [4.69, 9.17) is 5.11 Å². The zero-order chi connectivity index (χ0) is 12.0. The summed E-state index contributed by atoms with van der Waals surface area (Å²) in [5.74, 6) is 0.350. The largest absolute Gasteiger partial charge is 0.480 e. The Labute approximate surface area is 93.5 Å². The van der Waals surface area contributed by atoms with Crippen LogP contribution in [0.25, 0.3) is 0 Å². The first-order chi connectivity index (χ1) is 6.84. The van der Waals surface area contributed by atoms with Gasteiger partial charge in [-0.15, -0.1) is 0 Å². The van der Waals surface area contributed by atoms with Crippen LogP contribution in [0.3, 0.4) is 0 Å². The maximum Gasteiger partial charge on any atom is 0.320 e. The monoisotopic (exact) mass is 215 g/mol. The van der Waals surface area contributed by atoms with Crippen molar-refractivity contribution in [1.29, 1.82) is 0 Å². The van der Waals surface area contributed by atoms with Gasteiger partial charge in [-0.05, 0) is 38.3 Å². The van der Waals surface area contributed by atoms with E-state index in [-0.39, 0.29) is 6.04 Å². The molecule has 0 fully saturated rings. The summed E-state index contributed by atoms with van der Waals surface area (Å²) in [4.78, 5) is 13.0. The van der Waals surface area contributed by atoms with Crippen LogP contribution in [0.15, 0.2) is 0 Å². The number of hydrogen-bond donors (Lipinski definition) is 1. The SMILES string of the molecule is CC(C)CCN(C)[C@@H](CC(C)C)C(=O)O. The van der Waals surface area contributed by atoms with Crippen molar-refractivity contribution in [2.45, 2.75) is 46.6 Å². The molecule has 0 spiro atoms. The molecule has 0 aromatic carbocycles. The lowest BCUT2D eigenvalue weighted by atomic mass is 10.0. The highest BCUT2D eigenvalue weighted by Gasteiger charge is 2.23. The van der Waals surface area contributed by atoms with Crippen molar-refractivity contribution in [2.75, 3.05) is 13.6 Å². The Bertz CT molecular complexity index is 190. The van der Waals surface area contributed by atoms with Crippen molar-refractivity contribution in [3.05, 3.63) is 0 Å². The number of nitrogens with zero attached hydrogens (tertiary/aromatic N) is 1. The zero-order valence-electron chi connectivity index (χ0n) is 10.7. The van der Waals surface area contributed by atoms with E-state index in [0.717, 1.165) is 19.4 Å². The van der Waals surface area contributed by atoms with Crippen LogP contribution in [-0.2, 0) is 4.79 Å². The minimum absolute atomic E-state index is 0.330. The topological polar surface area (TPSA) is 40.5 Å². The third-order valence-electron chi connectivity index (χ3n) is 2.57. The summed E-state index contributed by atoms with van der Waals surface area (Å²) in [6, 6.07) is -0.330. The van der Waals surface area contributed by atoms with Crippen LogP contribution in [0.2, 0.25) is 0 Å². The number of hydrogen-bond acceptors (Lipinski definition) is 2. The van der Waals surface area contributed by atoms with E-state index in [1.54, 1.807) is 0 Å². The molecule has 0 heterocycles. The van der Waals surface area contributed by atoms with E-state index >= 15 is 0 Å². The fourth-order valence-corrected chi connectivity index (χ4v) is 1.53. The Morgan fingerprint density at radius 2 is 1.73 bits per heavy atom. The molecular formula is C12H25NO2. The molecule has 0 saturated carbocycles. The summed E-state index contributed by atoms with van der Waals surface area (Å²) in [7, 11) is 1.91. The van der Waals surface area contributed by atoms with E-state index in [0.29, 0.717) is 11.8 Å². The molecule has 0 aliphatic rings. The molecule has 0 amide bonds. The van der Waals surface area contributed by atoms with Crippen LogP contribution in [0, 0.1) is 11.8 Å². The van der Waals surface area contributed by atoms with Gasteiger partial charge in [0.1, 0.15) is 6.04 Å². The van der Waals surface area contributed by atoms with Crippen LogP contribution in [0.1, 0.15) is 40.5 Å². The lowest BCUT2D eigenvalue weighted by Crippen LogP contribution is -2.40. The van der Waals surface area contributed by atoms with Crippen molar-refractivity contribution in [2.24, 2.45) is 11.8 Å². The van der Waals surface area contributed by atoms with E-state index in [1.165, 1.54) is 0 Å². The summed E-state index contributed by atoms with van der Waals surface area (Å²) in [5.41, 5.74) is 0. The van der Waals surface area contributed by atoms with Crippen molar-refractivity contribution < 1.29 is 9.90 Å². The maximum absolute atomic E-state index is 11.1. The molecule has 0 bridgehead atoms. The molecule has 0 aromatic rings. The van der Waals surface area contributed by atoms with Crippen molar-refractivity contribution in [3.8, 4) is 0 Å². The molecule has 3 heteroatoms. The van der Waals surface area contributed by atoms with E-state index in [9.17, 15) is 4.79 Å². The highest BCUT2D eigenvalue weighted by molar-refractivity contribution is 5.73. The Kier molecular flexibility index (Phi) is 6.57. The second-order valence-electron chi connectivity index (χ2n) is 5.15. The quantitative estimate of drug-likeness (QED) is 0.709. The molecule has 0 radical (unpaired) electrons. The number of aliphatic carboxylic acids is 1. The first-order valence-corrected chi connectivity index (χ1v) is 5.77. The molecule has 1 atom stereocenters. The molecule has 0 saturated heterocycles. The van der Waals surface area contributed by atoms with Crippen LogP contribution < -0.4 is 0 Å². The lowest BCUT2D eigenvalue weighted by Gasteiger charge is -2.26. The molecule has 90 valence electrons. The number of carboxylic acid groups (broad SMARTS) is 1. The van der Waals surface area contributed by atoms with Gasteiger partial charge in [-0.1, -0.05) is 27.7 Å². The van der Waals surface area contributed by atoms with Crippen molar-refractivity contribution in [3.63, 3.8) is 0 Å². The number of carboxylic acids is 1. The second kappa shape index (κ2) is 6.83. The van der Waals surface area contributed by atoms with E-state index in [2.05, 4.69) is 27.7 Å². The number of likely N-dealkylation sites (N-methyl/N-ethyl adjacent to an activating group) is 1. The number of carbonyl (C=O) groups is 1. The summed E-state index contributed by atoms with van der Waals surface area (Å²) in [5, 5.41) is 9.12. The molecule has 15 heavy (non-hydrogen) atoms. The van der Waals surface area contributed by atoms with Crippen LogP contribution in [0.4, 0.5) is 0 Å². The highest BCUT2D eigenvalue weighted by atomic mass is 16.4. The third kappa shape index (κ3) is 6.50. The molecule has 3 nitrogen and oxygen atoms in total. The average molecular weight is 215 g/mol. The van der Waals surface area contributed by atoms with Gasteiger partial charge in [-0.3, -0.25) is 9.69 Å². The fourth-order valence-electron chi connectivity index (χ4n) is 1.53. The molecule has 0 aliphatic heterocycles. The highest BCUT2D eigenvalue weighted by Crippen LogP contribution is 2.12. The molecule has 0 rings (SSSR count). The summed E-state index contributed by atoms with van der Waals surface area (Å²) < 4.78 is 0.